The first-order valence-corrected chi connectivity index (χ1v) is 5.66. The van der Waals surface area contributed by atoms with Crippen molar-refractivity contribution in [3.05, 3.63) is 0 Å². The van der Waals surface area contributed by atoms with Crippen LogP contribution in [0.15, 0.2) is 9.98 Å². The average Bonchev–Trinajstić information content (AvgIpc) is 2.22. The Morgan fingerprint density at radius 2 is 1.29 bits per heavy atom. The van der Waals surface area contributed by atoms with Crippen LogP contribution in [0.5, 0.6) is 0 Å². The fourth-order valence-electron chi connectivity index (χ4n) is 1.40. The van der Waals surface area contributed by atoms with Crippen LogP contribution in [0.1, 0.15) is 38.5 Å². The van der Waals surface area contributed by atoms with Gasteiger partial charge in [0.15, 0.2) is 0 Å². The van der Waals surface area contributed by atoms with Crippen molar-refractivity contribution in [2.24, 2.45) is 9.98 Å². The highest BCUT2D eigenvalue weighted by molar-refractivity contribution is 5.40. The minimum atomic E-state index is 0.840. The summed E-state index contributed by atoms with van der Waals surface area (Å²) in [5.41, 5.74) is 0. The predicted molar refractivity (Wildman–Crippen MR) is 58.1 cm³/mol. The first-order valence-electron chi connectivity index (χ1n) is 5.66. The minimum Gasteiger partial charge on any atom is -0.381 e. The molecule has 14 heavy (non-hydrogen) atoms. The molecule has 0 saturated carbocycles. The van der Waals surface area contributed by atoms with Gasteiger partial charge in [-0.15, -0.1) is 0 Å². The molecule has 80 valence electrons. The molecule has 1 rings (SSSR count). The van der Waals surface area contributed by atoms with Crippen molar-refractivity contribution in [3.63, 3.8) is 0 Å². The Morgan fingerprint density at radius 3 is 2.07 bits per heavy atom. The van der Waals surface area contributed by atoms with E-state index in [1.807, 2.05) is 0 Å². The molecule has 3 heteroatoms. The topological polar surface area (TPSA) is 34.0 Å². The molecule has 0 bridgehead atoms. The Labute approximate surface area is 86.3 Å². The van der Waals surface area contributed by atoms with Gasteiger partial charge in [-0.25, -0.2) is 9.98 Å². The summed E-state index contributed by atoms with van der Waals surface area (Å²) in [7, 11) is 0. The first-order chi connectivity index (χ1) is 7.00. The number of hydrogen-bond donors (Lipinski definition) is 0. The molecule has 0 aromatic carbocycles. The molecule has 0 aromatic rings. The van der Waals surface area contributed by atoms with E-state index in [1.54, 1.807) is 0 Å². The molecule has 0 N–H and O–H groups in total. The van der Waals surface area contributed by atoms with E-state index in [-0.39, 0.29) is 0 Å². The van der Waals surface area contributed by atoms with Crippen LogP contribution >= 0.6 is 0 Å². The van der Waals surface area contributed by atoms with E-state index < -0.39 is 0 Å². The molecule has 0 aliphatic carbocycles. The first kappa shape index (κ1) is 11.4. The third-order valence-electron chi connectivity index (χ3n) is 2.26. The third-order valence-corrected chi connectivity index (χ3v) is 2.26. The molecule has 1 heterocycles. The van der Waals surface area contributed by atoms with Gasteiger partial charge in [0.05, 0.1) is 6.01 Å². The molecule has 1 aliphatic rings. The highest BCUT2D eigenvalue weighted by Gasteiger charge is 1.92. The summed E-state index contributed by atoms with van der Waals surface area (Å²) in [6.45, 7) is 3.52. The summed E-state index contributed by atoms with van der Waals surface area (Å²) in [5, 5.41) is 0. The molecule has 0 fully saturated rings. The Morgan fingerprint density at radius 1 is 0.714 bits per heavy atom. The monoisotopic (exact) mass is 196 g/mol. The maximum Gasteiger partial charge on any atom is 0.0892 e. The fraction of sp³-hybridized carbons (Fsp3) is 0.909. The van der Waals surface area contributed by atoms with Crippen molar-refractivity contribution in [3.8, 4) is 0 Å². The van der Waals surface area contributed by atoms with E-state index in [2.05, 4.69) is 16.0 Å². The summed E-state index contributed by atoms with van der Waals surface area (Å²) < 4.78 is 5.49. The van der Waals surface area contributed by atoms with Crippen LogP contribution in [0.25, 0.3) is 0 Å². The van der Waals surface area contributed by atoms with Gasteiger partial charge in [0.1, 0.15) is 0 Å². The largest absolute Gasteiger partial charge is 0.381 e. The molecule has 0 saturated heterocycles. The molecule has 0 atom stereocenters. The van der Waals surface area contributed by atoms with Crippen LogP contribution < -0.4 is 0 Å². The number of rotatable bonds is 0. The van der Waals surface area contributed by atoms with Crippen molar-refractivity contribution in [1.29, 1.82) is 0 Å². The van der Waals surface area contributed by atoms with E-state index in [0.29, 0.717) is 0 Å². The molecule has 0 aromatic heterocycles. The normalized spacial score (nSPS) is 21.7. The van der Waals surface area contributed by atoms with Gasteiger partial charge >= 0.3 is 0 Å². The van der Waals surface area contributed by atoms with Gasteiger partial charge in [-0.3, -0.25) is 0 Å². The Bertz CT molecular complexity index is 170. The minimum absolute atomic E-state index is 0.840. The maximum absolute atomic E-state index is 5.49. The van der Waals surface area contributed by atoms with Crippen molar-refractivity contribution >= 4 is 6.01 Å². The van der Waals surface area contributed by atoms with Crippen molar-refractivity contribution < 1.29 is 4.74 Å². The lowest BCUT2D eigenvalue weighted by Gasteiger charge is -2.03. The molecular weight excluding hydrogens is 176 g/mol. The van der Waals surface area contributed by atoms with E-state index in [0.717, 1.165) is 45.6 Å². The summed E-state index contributed by atoms with van der Waals surface area (Å²) >= 11 is 0. The number of aliphatic imine (C=N–C) groups is 2. The second-order valence-electron chi connectivity index (χ2n) is 3.60. The second-order valence-corrected chi connectivity index (χ2v) is 3.60. The molecule has 0 spiro atoms. The second kappa shape index (κ2) is 8.92. The van der Waals surface area contributed by atoms with Crippen LogP contribution in [0.4, 0.5) is 0 Å². The Balaban J connectivity index is 2.18. The summed E-state index contributed by atoms with van der Waals surface area (Å²) in [6, 6.07) is 2.75. The quantitative estimate of drug-likeness (QED) is 0.586. The van der Waals surface area contributed by atoms with Gasteiger partial charge < -0.3 is 4.74 Å². The van der Waals surface area contributed by atoms with E-state index >= 15 is 0 Å². The van der Waals surface area contributed by atoms with Crippen LogP contribution in [-0.4, -0.2) is 32.3 Å². The number of ether oxygens (including phenoxy) is 1. The van der Waals surface area contributed by atoms with Gasteiger partial charge in [0.25, 0.3) is 0 Å². The Hall–Kier alpha value is -0.660. The molecule has 0 radical (unpaired) electrons. The van der Waals surface area contributed by atoms with Gasteiger partial charge in [0, 0.05) is 26.3 Å². The third kappa shape index (κ3) is 6.81. The van der Waals surface area contributed by atoms with Crippen molar-refractivity contribution in [1.82, 2.24) is 0 Å². The predicted octanol–water partition coefficient (Wildman–Crippen LogP) is 2.53. The maximum atomic E-state index is 5.49. The van der Waals surface area contributed by atoms with E-state index in [4.69, 9.17) is 4.74 Å². The highest BCUT2D eigenvalue weighted by Crippen LogP contribution is 2.01. The van der Waals surface area contributed by atoms with Gasteiger partial charge in [-0.2, -0.15) is 0 Å². The zero-order chi connectivity index (χ0) is 9.90. The van der Waals surface area contributed by atoms with Crippen molar-refractivity contribution in [2.75, 3.05) is 26.3 Å². The number of hydrogen-bond acceptors (Lipinski definition) is 3. The van der Waals surface area contributed by atoms with Crippen LogP contribution in [0.2, 0.25) is 0 Å². The summed E-state index contributed by atoms with van der Waals surface area (Å²) in [6.07, 6.45) is 7.04. The van der Waals surface area contributed by atoms with Crippen LogP contribution in [0.3, 0.4) is 0 Å². The zero-order valence-electron chi connectivity index (χ0n) is 8.87. The zero-order valence-corrected chi connectivity index (χ0v) is 8.87. The van der Waals surface area contributed by atoms with Gasteiger partial charge in [-0.1, -0.05) is 12.8 Å². The van der Waals surface area contributed by atoms with Crippen molar-refractivity contribution in [2.45, 2.75) is 38.5 Å². The highest BCUT2D eigenvalue weighted by atomic mass is 16.5. The lowest BCUT2D eigenvalue weighted by Crippen LogP contribution is -1.98. The fourth-order valence-corrected chi connectivity index (χ4v) is 1.40. The molecule has 3 nitrogen and oxygen atoms in total. The lowest BCUT2D eigenvalue weighted by molar-refractivity contribution is 0.126. The van der Waals surface area contributed by atoms with E-state index in [9.17, 15) is 0 Å². The van der Waals surface area contributed by atoms with Crippen LogP contribution in [-0.2, 0) is 4.74 Å². The lowest BCUT2D eigenvalue weighted by atomic mass is 10.2. The standard InChI is InChI=1S/C11H20N2O/c1-2-5-9-14-10-6-4-8-13-11-12-7-3-1/h1-10H2. The van der Waals surface area contributed by atoms with Gasteiger partial charge in [0.2, 0.25) is 0 Å². The molecule has 0 unspecified atom stereocenters. The summed E-state index contributed by atoms with van der Waals surface area (Å²) in [4.78, 5) is 8.20. The van der Waals surface area contributed by atoms with Gasteiger partial charge in [-0.05, 0) is 25.7 Å². The van der Waals surface area contributed by atoms with E-state index in [1.165, 1.54) is 19.3 Å². The summed E-state index contributed by atoms with van der Waals surface area (Å²) in [5.74, 6) is 0. The smallest absolute Gasteiger partial charge is 0.0892 e. The molecular formula is C11H20N2O. The SMILES string of the molecule is C1=NCCCCCCOCCCCN=1. The average molecular weight is 196 g/mol. The molecule has 0 amide bonds. The van der Waals surface area contributed by atoms with Crippen LogP contribution in [0, 0.1) is 0 Å². The molecule has 1 aliphatic heterocycles. The number of nitrogens with zero attached hydrogens (tertiary/aromatic N) is 2. The Kier molecular flexibility index (Phi) is 7.27.